The average molecular weight is 385 g/mol. The number of hydrogen-bond acceptors (Lipinski definition) is 3. The molecule has 2 unspecified atom stereocenters. The van der Waals surface area contributed by atoms with Crippen molar-refractivity contribution in [1.82, 2.24) is 15.0 Å². The summed E-state index contributed by atoms with van der Waals surface area (Å²) in [6.07, 6.45) is 7.69. The summed E-state index contributed by atoms with van der Waals surface area (Å²) < 4.78 is 1.90. The minimum atomic E-state index is 0.106. The molecule has 3 aromatic rings. The van der Waals surface area contributed by atoms with Crippen molar-refractivity contribution in [2.24, 2.45) is 5.41 Å². The number of benzene rings is 2. The lowest BCUT2D eigenvalue weighted by Crippen LogP contribution is -2.31. The highest BCUT2D eigenvalue weighted by molar-refractivity contribution is 5.64. The lowest BCUT2D eigenvalue weighted by Gasteiger charge is -2.29. The molecule has 0 bridgehead atoms. The maximum absolute atomic E-state index is 4.40. The van der Waals surface area contributed by atoms with Crippen molar-refractivity contribution in [2.45, 2.75) is 45.7 Å². The van der Waals surface area contributed by atoms with E-state index in [1.165, 1.54) is 24.0 Å². The van der Waals surface area contributed by atoms with Gasteiger partial charge < -0.3 is 5.32 Å². The number of nitrogens with zero attached hydrogens (tertiary/aromatic N) is 3. The number of rotatable bonds is 6. The smallest absolute Gasteiger partial charge is 0.113 e. The summed E-state index contributed by atoms with van der Waals surface area (Å²) in [6.45, 7) is 8.92. The Morgan fingerprint density at radius 2 is 2.14 bits per heavy atom. The zero-order valence-corrected chi connectivity index (χ0v) is 17.2. The molecule has 1 N–H and O–H groups in total. The molecule has 1 heterocycles. The molecule has 1 saturated carbocycles. The molecular formula is C25H28N4. The van der Waals surface area contributed by atoms with E-state index in [2.05, 4.69) is 96.4 Å². The predicted octanol–water partition coefficient (Wildman–Crippen LogP) is 5.61. The van der Waals surface area contributed by atoms with Crippen LogP contribution < -0.4 is 5.32 Å². The highest BCUT2D eigenvalue weighted by Gasteiger charge is 2.36. The topological polar surface area (TPSA) is 42.7 Å². The van der Waals surface area contributed by atoms with E-state index >= 15 is 0 Å². The van der Waals surface area contributed by atoms with Gasteiger partial charge in [-0.1, -0.05) is 61.5 Å². The fraction of sp³-hybridized carbons (Fsp3) is 0.320. The Morgan fingerprint density at radius 1 is 1.28 bits per heavy atom. The molecule has 4 nitrogen and oxygen atoms in total. The molecular weight excluding hydrogens is 356 g/mol. The zero-order chi connectivity index (χ0) is 20.3. The molecule has 2 atom stereocenters. The van der Waals surface area contributed by atoms with Gasteiger partial charge in [-0.3, -0.25) is 0 Å². The summed E-state index contributed by atoms with van der Waals surface area (Å²) >= 11 is 0. The first-order valence-corrected chi connectivity index (χ1v) is 10.3. The molecule has 1 aliphatic rings. The van der Waals surface area contributed by atoms with Crippen LogP contribution in [0.25, 0.3) is 11.3 Å². The van der Waals surface area contributed by atoms with E-state index in [9.17, 15) is 0 Å². The molecule has 4 rings (SSSR count). The fourth-order valence-electron chi connectivity index (χ4n) is 4.27. The van der Waals surface area contributed by atoms with Crippen LogP contribution in [0.2, 0.25) is 0 Å². The second-order valence-electron chi connectivity index (χ2n) is 8.25. The summed E-state index contributed by atoms with van der Waals surface area (Å²) in [7, 11) is 0. The normalized spacial score (nSPS) is 21.0. The van der Waals surface area contributed by atoms with Gasteiger partial charge in [-0.25, -0.2) is 4.68 Å². The van der Waals surface area contributed by atoms with Crippen LogP contribution in [0.15, 0.2) is 73.1 Å². The molecule has 148 valence electrons. The highest BCUT2D eigenvalue weighted by Crippen LogP contribution is 2.40. The number of nitrogens with one attached hydrogen (secondary N) is 1. The lowest BCUT2D eigenvalue weighted by molar-refractivity contribution is 0.409. The Morgan fingerprint density at radius 3 is 2.97 bits per heavy atom. The number of hydrogen-bond donors (Lipinski definition) is 1. The summed E-state index contributed by atoms with van der Waals surface area (Å²) in [5.41, 5.74) is 8.71. The molecule has 0 amide bonds. The third-order valence-electron chi connectivity index (χ3n) is 6.07. The van der Waals surface area contributed by atoms with Crippen molar-refractivity contribution < 1.29 is 0 Å². The number of anilines is 1. The largest absolute Gasteiger partial charge is 0.381 e. The molecule has 1 aromatic heterocycles. The number of aryl methyl sites for hydroxylation is 1. The van der Waals surface area contributed by atoms with Gasteiger partial charge in [0.25, 0.3) is 0 Å². The molecule has 1 fully saturated rings. The minimum Gasteiger partial charge on any atom is -0.381 e. The van der Waals surface area contributed by atoms with Gasteiger partial charge in [0.15, 0.2) is 0 Å². The molecule has 0 spiro atoms. The molecule has 4 heteroatoms. The zero-order valence-electron chi connectivity index (χ0n) is 17.2. The van der Waals surface area contributed by atoms with Crippen molar-refractivity contribution in [3.05, 3.63) is 84.2 Å². The molecule has 0 saturated heterocycles. The van der Waals surface area contributed by atoms with Crippen LogP contribution in [0.5, 0.6) is 0 Å². The average Bonchev–Trinajstić information content (AvgIpc) is 3.32. The van der Waals surface area contributed by atoms with E-state index in [0.29, 0.717) is 6.04 Å². The van der Waals surface area contributed by atoms with Gasteiger partial charge in [-0.2, -0.15) is 0 Å². The summed E-state index contributed by atoms with van der Waals surface area (Å²) in [5, 5.41) is 12.5. The quantitative estimate of drug-likeness (QED) is 0.561. The maximum Gasteiger partial charge on any atom is 0.113 e. The predicted molar refractivity (Wildman–Crippen MR) is 119 cm³/mol. The second kappa shape index (κ2) is 8.10. The van der Waals surface area contributed by atoms with Gasteiger partial charge in [0.1, 0.15) is 5.69 Å². The van der Waals surface area contributed by atoms with Crippen LogP contribution in [0, 0.1) is 12.3 Å². The summed E-state index contributed by atoms with van der Waals surface area (Å²) in [4.78, 5) is 0. The van der Waals surface area contributed by atoms with E-state index in [-0.39, 0.29) is 5.41 Å². The van der Waals surface area contributed by atoms with Gasteiger partial charge >= 0.3 is 0 Å². The van der Waals surface area contributed by atoms with E-state index in [0.717, 1.165) is 29.9 Å². The summed E-state index contributed by atoms with van der Waals surface area (Å²) in [5.74, 6) is 0. The van der Waals surface area contributed by atoms with Crippen LogP contribution in [0.3, 0.4) is 0 Å². The van der Waals surface area contributed by atoms with Crippen molar-refractivity contribution in [3.8, 4) is 11.3 Å². The van der Waals surface area contributed by atoms with Crippen LogP contribution >= 0.6 is 0 Å². The third-order valence-corrected chi connectivity index (χ3v) is 6.07. The molecule has 2 aromatic carbocycles. The molecule has 0 radical (unpaired) electrons. The van der Waals surface area contributed by atoms with E-state index in [4.69, 9.17) is 0 Å². The van der Waals surface area contributed by atoms with Crippen molar-refractivity contribution in [3.63, 3.8) is 0 Å². The molecule has 0 aliphatic heterocycles. The van der Waals surface area contributed by atoms with E-state index in [1.807, 2.05) is 10.9 Å². The Kier molecular flexibility index (Phi) is 5.37. The SMILES string of the molecule is C=C=CC1(C)CCCC1Nc1cccc(-c2cn(Cc3ccccc3C)nn2)c1. The van der Waals surface area contributed by atoms with Crippen molar-refractivity contribution in [1.29, 1.82) is 0 Å². The minimum absolute atomic E-state index is 0.106. The number of aromatic nitrogens is 3. The maximum atomic E-state index is 4.40. The van der Waals surface area contributed by atoms with Gasteiger partial charge in [0, 0.05) is 22.7 Å². The monoisotopic (exact) mass is 384 g/mol. The van der Waals surface area contributed by atoms with Crippen LogP contribution in [-0.2, 0) is 6.54 Å². The Labute approximate surface area is 173 Å². The first-order chi connectivity index (χ1) is 14.1. The van der Waals surface area contributed by atoms with E-state index in [1.54, 1.807) is 0 Å². The Hall–Kier alpha value is -3.10. The summed E-state index contributed by atoms with van der Waals surface area (Å²) in [6, 6.07) is 17.2. The molecule has 29 heavy (non-hydrogen) atoms. The van der Waals surface area contributed by atoms with Crippen LogP contribution in [-0.4, -0.2) is 21.0 Å². The van der Waals surface area contributed by atoms with Gasteiger partial charge in [-0.05, 0) is 49.1 Å². The Bertz CT molecular complexity index is 1040. The standard InChI is InChI=1S/C25H28N4/c1-4-14-25(3)15-8-13-24(25)26-22-12-7-11-20(16-22)23-18-29(28-27-23)17-21-10-6-5-9-19(21)2/h5-7,9-12,14,16,18,24,26H,1,8,13,15,17H2,2-3H3. The van der Waals surface area contributed by atoms with Gasteiger partial charge in [0.2, 0.25) is 0 Å². The Balaban J connectivity index is 1.51. The first kappa shape index (κ1) is 19.2. The van der Waals surface area contributed by atoms with Gasteiger partial charge in [-0.15, -0.1) is 10.8 Å². The van der Waals surface area contributed by atoms with Crippen LogP contribution in [0.1, 0.15) is 37.3 Å². The van der Waals surface area contributed by atoms with E-state index < -0.39 is 0 Å². The fourth-order valence-corrected chi connectivity index (χ4v) is 4.27. The second-order valence-corrected chi connectivity index (χ2v) is 8.25. The highest BCUT2D eigenvalue weighted by atomic mass is 15.4. The van der Waals surface area contributed by atoms with Gasteiger partial charge in [0.05, 0.1) is 12.7 Å². The first-order valence-electron chi connectivity index (χ1n) is 10.3. The molecule has 1 aliphatic carbocycles. The third kappa shape index (κ3) is 4.18. The lowest BCUT2D eigenvalue weighted by atomic mass is 9.84. The van der Waals surface area contributed by atoms with Crippen molar-refractivity contribution >= 4 is 5.69 Å². The van der Waals surface area contributed by atoms with Crippen LogP contribution in [0.4, 0.5) is 5.69 Å². The van der Waals surface area contributed by atoms with Crippen molar-refractivity contribution in [2.75, 3.05) is 5.32 Å².